The summed E-state index contributed by atoms with van der Waals surface area (Å²) >= 11 is 0. The first-order chi connectivity index (χ1) is 9.20. The highest BCUT2D eigenvalue weighted by Crippen LogP contribution is 2.27. The van der Waals surface area contributed by atoms with Gasteiger partial charge in [0.25, 0.3) is 0 Å². The van der Waals surface area contributed by atoms with Crippen LogP contribution in [0.3, 0.4) is 0 Å². The largest absolute Gasteiger partial charge is 0.493 e. The van der Waals surface area contributed by atoms with E-state index in [1.165, 1.54) is 11.1 Å². The van der Waals surface area contributed by atoms with Gasteiger partial charge in [0.2, 0.25) is 0 Å². The SMILES string of the molecule is NCCCC(CCc1ccc2c(c1)CCO2)C(=O)O. The average molecular weight is 263 g/mol. The van der Waals surface area contributed by atoms with Crippen LogP contribution in [0.5, 0.6) is 5.75 Å². The van der Waals surface area contributed by atoms with E-state index in [4.69, 9.17) is 10.5 Å². The van der Waals surface area contributed by atoms with E-state index in [9.17, 15) is 9.90 Å². The molecular formula is C15H21NO3. The second-order valence-electron chi connectivity index (χ2n) is 5.05. The number of carboxylic acids is 1. The second-order valence-corrected chi connectivity index (χ2v) is 5.05. The summed E-state index contributed by atoms with van der Waals surface area (Å²) in [5.74, 6) is -0.0207. The molecule has 0 amide bonds. The summed E-state index contributed by atoms with van der Waals surface area (Å²) in [6.45, 7) is 1.31. The molecule has 1 aromatic rings. The Morgan fingerprint density at radius 3 is 3.00 bits per heavy atom. The van der Waals surface area contributed by atoms with Crippen LogP contribution in [0.25, 0.3) is 0 Å². The van der Waals surface area contributed by atoms with E-state index >= 15 is 0 Å². The zero-order valence-corrected chi connectivity index (χ0v) is 11.1. The minimum absolute atomic E-state index is 0.284. The topological polar surface area (TPSA) is 72.5 Å². The molecule has 4 heteroatoms. The molecule has 3 N–H and O–H groups in total. The van der Waals surface area contributed by atoms with Crippen molar-refractivity contribution in [1.82, 2.24) is 0 Å². The number of benzene rings is 1. The smallest absolute Gasteiger partial charge is 0.306 e. The Hall–Kier alpha value is -1.55. The molecule has 19 heavy (non-hydrogen) atoms. The number of aliphatic carboxylic acids is 1. The Balaban J connectivity index is 1.91. The number of carboxylic acid groups (broad SMARTS) is 1. The quantitative estimate of drug-likeness (QED) is 0.789. The van der Waals surface area contributed by atoms with Gasteiger partial charge in [-0.1, -0.05) is 12.1 Å². The second kappa shape index (κ2) is 6.57. The van der Waals surface area contributed by atoms with Gasteiger partial charge in [-0.05, 0) is 49.4 Å². The number of carbonyl (C=O) groups is 1. The first kappa shape index (κ1) is 13.9. The molecule has 0 saturated carbocycles. The first-order valence-electron chi connectivity index (χ1n) is 6.88. The van der Waals surface area contributed by atoms with Crippen molar-refractivity contribution in [2.45, 2.75) is 32.1 Å². The van der Waals surface area contributed by atoms with Gasteiger partial charge in [0.05, 0.1) is 12.5 Å². The number of ether oxygens (including phenoxy) is 1. The van der Waals surface area contributed by atoms with Crippen molar-refractivity contribution < 1.29 is 14.6 Å². The highest BCUT2D eigenvalue weighted by molar-refractivity contribution is 5.69. The first-order valence-corrected chi connectivity index (χ1v) is 6.88. The Kier molecular flexibility index (Phi) is 4.80. The Morgan fingerprint density at radius 1 is 1.42 bits per heavy atom. The van der Waals surface area contributed by atoms with E-state index in [2.05, 4.69) is 6.07 Å². The highest BCUT2D eigenvalue weighted by atomic mass is 16.5. The summed E-state index contributed by atoms with van der Waals surface area (Å²) in [5, 5.41) is 9.17. The van der Waals surface area contributed by atoms with Crippen molar-refractivity contribution in [2.75, 3.05) is 13.2 Å². The fraction of sp³-hybridized carbons (Fsp3) is 0.533. The van der Waals surface area contributed by atoms with Crippen molar-refractivity contribution in [1.29, 1.82) is 0 Å². The van der Waals surface area contributed by atoms with Crippen LogP contribution in [-0.2, 0) is 17.6 Å². The molecule has 0 fully saturated rings. The molecule has 4 nitrogen and oxygen atoms in total. The maximum absolute atomic E-state index is 11.2. The molecule has 1 atom stereocenters. The molecule has 1 aliphatic heterocycles. The van der Waals surface area contributed by atoms with E-state index in [0.717, 1.165) is 31.6 Å². The normalized spacial score (nSPS) is 14.8. The van der Waals surface area contributed by atoms with Crippen LogP contribution in [0.4, 0.5) is 0 Å². The third kappa shape index (κ3) is 3.70. The van der Waals surface area contributed by atoms with Gasteiger partial charge in [0.1, 0.15) is 5.75 Å². The molecule has 2 rings (SSSR count). The van der Waals surface area contributed by atoms with Crippen molar-refractivity contribution in [3.8, 4) is 5.75 Å². The standard InChI is InChI=1S/C15H21NO3/c16-8-1-2-12(15(17)18)5-3-11-4-6-14-13(10-11)7-9-19-14/h4,6,10,12H,1-3,5,7-9,16H2,(H,17,18). The van der Waals surface area contributed by atoms with Crippen LogP contribution >= 0.6 is 0 Å². The van der Waals surface area contributed by atoms with Crippen LogP contribution in [0.1, 0.15) is 30.4 Å². The van der Waals surface area contributed by atoms with Gasteiger partial charge >= 0.3 is 5.97 Å². The van der Waals surface area contributed by atoms with Crippen molar-refractivity contribution >= 4 is 5.97 Å². The van der Waals surface area contributed by atoms with Gasteiger partial charge in [-0.3, -0.25) is 4.79 Å². The Labute approximate surface area is 113 Å². The molecule has 1 aliphatic rings. The molecule has 0 bridgehead atoms. The van der Waals surface area contributed by atoms with Crippen molar-refractivity contribution in [3.63, 3.8) is 0 Å². The molecule has 0 aromatic heterocycles. The monoisotopic (exact) mass is 263 g/mol. The van der Waals surface area contributed by atoms with Crippen molar-refractivity contribution in [3.05, 3.63) is 29.3 Å². The average Bonchev–Trinajstić information content (AvgIpc) is 2.85. The number of aryl methyl sites for hydroxylation is 1. The summed E-state index contributed by atoms with van der Waals surface area (Å²) in [7, 11) is 0. The fourth-order valence-electron chi connectivity index (χ4n) is 2.49. The molecular weight excluding hydrogens is 242 g/mol. The number of hydrogen-bond acceptors (Lipinski definition) is 3. The molecule has 1 unspecified atom stereocenters. The van der Waals surface area contributed by atoms with Gasteiger partial charge in [-0.2, -0.15) is 0 Å². The minimum Gasteiger partial charge on any atom is -0.493 e. The van der Waals surface area contributed by atoms with Gasteiger partial charge in [-0.15, -0.1) is 0 Å². The number of fused-ring (bicyclic) bond motifs is 1. The van der Waals surface area contributed by atoms with E-state index in [1.807, 2.05) is 12.1 Å². The van der Waals surface area contributed by atoms with Crippen LogP contribution < -0.4 is 10.5 Å². The molecule has 0 saturated heterocycles. The van der Waals surface area contributed by atoms with Crippen LogP contribution in [0.15, 0.2) is 18.2 Å². The maximum atomic E-state index is 11.2. The number of rotatable bonds is 7. The highest BCUT2D eigenvalue weighted by Gasteiger charge is 2.17. The third-order valence-electron chi connectivity index (χ3n) is 3.64. The Bertz CT molecular complexity index is 445. The van der Waals surface area contributed by atoms with Gasteiger partial charge in [-0.25, -0.2) is 0 Å². The van der Waals surface area contributed by atoms with E-state index < -0.39 is 5.97 Å². The Morgan fingerprint density at radius 2 is 2.26 bits per heavy atom. The van der Waals surface area contributed by atoms with E-state index in [-0.39, 0.29) is 5.92 Å². The molecule has 0 aliphatic carbocycles. The van der Waals surface area contributed by atoms with Crippen LogP contribution in [0, 0.1) is 5.92 Å². The summed E-state index contributed by atoms with van der Waals surface area (Å²) in [5.41, 5.74) is 7.88. The fourth-order valence-corrected chi connectivity index (χ4v) is 2.49. The maximum Gasteiger partial charge on any atom is 0.306 e. The summed E-state index contributed by atoms with van der Waals surface area (Å²) in [4.78, 5) is 11.2. The molecule has 1 heterocycles. The van der Waals surface area contributed by atoms with E-state index in [0.29, 0.717) is 19.4 Å². The number of nitrogens with two attached hydrogens (primary N) is 1. The number of hydrogen-bond donors (Lipinski definition) is 2. The lowest BCUT2D eigenvalue weighted by atomic mass is 9.94. The van der Waals surface area contributed by atoms with Crippen molar-refractivity contribution in [2.24, 2.45) is 11.7 Å². The zero-order chi connectivity index (χ0) is 13.7. The zero-order valence-electron chi connectivity index (χ0n) is 11.1. The molecule has 104 valence electrons. The lowest BCUT2D eigenvalue weighted by molar-refractivity contribution is -0.142. The minimum atomic E-state index is -0.710. The third-order valence-corrected chi connectivity index (χ3v) is 3.64. The molecule has 0 spiro atoms. The summed E-state index contributed by atoms with van der Waals surface area (Å²) in [6, 6.07) is 6.17. The van der Waals surface area contributed by atoms with Gasteiger partial charge in [0, 0.05) is 6.42 Å². The van der Waals surface area contributed by atoms with Gasteiger partial charge in [0.15, 0.2) is 0 Å². The summed E-state index contributed by atoms with van der Waals surface area (Å²) in [6.07, 6.45) is 3.87. The van der Waals surface area contributed by atoms with Crippen LogP contribution in [0.2, 0.25) is 0 Å². The molecule has 1 aromatic carbocycles. The lowest BCUT2D eigenvalue weighted by Crippen LogP contribution is -2.16. The summed E-state index contributed by atoms with van der Waals surface area (Å²) < 4.78 is 5.46. The predicted octanol–water partition coefficient (Wildman–Crippen LogP) is 1.99. The van der Waals surface area contributed by atoms with E-state index in [1.54, 1.807) is 0 Å². The molecule has 0 radical (unpaired) electrons. The van der Waals surface area contributed by atoms with Gasteiger partial charge < -0.3 is 15.6 Å². The predicted molar refractivity (Wildman–Crippen MR) is 73.4 cm³/mol. The lowest BCUT2D eigenvalue weighted by Gasteiger charge is -2.12. The van der Waals surface area contributed by atoms with Crippen LogP contribution in [-0.4, -0.2) is 24.2 Å².